The fraction of sp³-hybridized carbons (Fsp3) is 0.810. The second kappa shape index (κ2) is 16.1. The molecule has 0 saturated heterocycles. The normalized spacial score (nSPS) is 15.9. The smallest absolute Gasteiger partial charge is 0.546 e. The number of Topliss-reactive ketones (excluding diaryl/α,β-unsaturated/α-hetero) is 3. The van der Waals surface area contributed by atoms with Gasteiger partial charge in [-0.1, -0.05) is 58.3 Å². The third-order valence-corrected chi connectivity index (χ3v) is 5.03. The van der Waals surface area contributed by atoms with E-state index in [-0.39, 0.29) is 36.0 Å². The van der Waals surface area contributed by atoms with E-state index >= 15 is 0 Å². The van der Waals surface area contributed by atoms with Gasteiger partial charge < -0.3 is 25.2 Å². The number of carbonyl (C=O) groups excluding carboxylic acids is 4. The van der Waals surface area contributed by atoms with E-state index in [1.807, 2.05) is 0 Å². The molecule has 0 radical (unpaired) electrons. The summed E-state index contributed by atoms with van der Waals surface area (Å²) in [7, 11) is 0. The van der Waals surface area contributed by atoms with Crippen LogP contribution in [-0.4, -0.2) is 56.4 Å². The molecule has 0 aliphatic rings. The first kappa shape index (κ1) is 31.5. The van der Waals surface area contributed by atoms with E-state index in [0.717, 1.165) is 39.5 Å². The Hall–Kier alpha value is -0.640. The summed E-state index contributed by atoms with van der Waals surface area (Å²) in [5.74, 6) is -8.59. The topological polar surface area (TPSA) is 152 Å². The molecule has 0 aromatic rings. The molecule has 4 atom stereocenters. The van der Waals surface area contributed by atoms with Gasteiger partial charge in [0.25, 0.3) is 0 Å². The number of aliphatic carboxylic acids is 1. The summed E-state index contributed by atoms with van der Waals surface area (Å²) in [4.78, 5) is 48.4. The van der Waals surface area contributed by atoms with Gasteiger partial charge in [0.1, 0.15) is 23.9 Å². The Balaban J connectivity index is 0. The molecule has 0 bridgehead atoms. The number of ketones is 3. The summed E-state index contributed by atoms with van der Waals surface area (Å²) in [5, 5.41) is 40.8. The molecule has 3 N–H and O–H groups in total. The van der Waals surface area contributed by atoms with Crippen LogP contribution in [0.5, 0.6) is 0 Å². The molecule has 0 aliphatic carbocycles. The minimum atomic E-state index is -3.53. The minimum absolute atomic E-state index is 0. The number of carbonyl (C=O) groups is 4. The zero-order chi connectivity index (χ0) is 22.6. The standard InChI is InChI=1S/C21H36O8.Na/c1-4-5-6-7-8-9-10-11-12-13-16(24)17(18(25)14(2)22)21(29,20(27)28)19(26)15(3)23;/h14-15,17,22-23,29H,4-13H2,1-3H3,(H,27,28);/q;+1/p-1. The molecular formula is C21H35NaO8. The van der Waals surface area contributed by atoms with Gasteiger partial charge in [0.05, 0.1) is 5.97 Å². The number of hydrogen-bond donors (Lipinski definition) is 3. The van der Waals surface area contributed by atoms with Crippen molar-refractivity contribution in [2.45, 2.75) is 103 Å². The second-order valence-corrected chi connectivity index (χ2v) is 7.65. The van der Waals surface area contributed by atoms with Crippen molar-refractivity contribution in [3.05, 3.63) is 0 Å². The van der Waals surface area contributed by atoms with Gasteiger partial charge in [0.15, 0.2) is 17.2 Å². The zero-order valence-corrected chi connectivity index (χ0v) is 20.7. The number of carboxylic acids is 1. The van der Waals surface area contributed by atoms with E-state index in [1.165, 1.54) is 19.3 Å². The third kappa shape index (κ3) is 9.66. The number of carboxylic acid groups (broad SMARTS) is 1. The Labute approximate surface area is 200 Å². The number of aliphatic hydroxyl groups is 3. The van der Waals surface area contributed by atoms with Crippen LogP contribution in [0, 0.1) is 5.92 Å². The van der Waals surface area contributed by atoms with Gasteiger partial charge in [0, 0.05) is 6.42 Å². The Bertz CT molecular complexity index is 561. The zero-order valence-electron chi connectivity index (χ0n) is 18.7. The van der Waals surface area contributed by atoms with E-state index in [4.69, 9.17) is 0 Å². The maximum absolute atomic E-state index is 12.6. The van der Waals surface area contributed by atoms with Crippen molar-refractivity contribution >= 4 is 23.3 Å². The van der Waals surface area contributed by atoms with Gasteiger partial charge in [-0.25, -0.2) is 0 Å². The summed E-state index contributed by atoms with van der Waals surface area (Å²) < 4.78 is 0. The summed E-state index contributed by atoms with van der Waals surface area (Å²) in [6.07, 6.45) is 4.74. The van der Waals surface area contributed by atoms with Crippen molar-refractivity contribution in [2.24, 2.45) is 5.92 Å². The van der Waals surface area contributed by atoms with E-state index in [1.54, 1.807) is 0 Å². The third-order valence-electron chi connectivity index (χ3n) is 5.03. The molecule has 0 saturated carbocycles. The minimum Gasteiger partial charge on any atom is -0.546 e. The molecule has 8 nitrogen and oxygen atoms in total. The molecule has 9 heteroatoms. The van der Waals surface area contributed by atoms with Gasteiger partial charge in [0.2, 0.25) is 0 Å². The van der Waals surface area contributed by atoms with Gasteiger partial charge in [-0.3, -0.25) is 14.4 Å². The van der Waals surface area contributed by atoms with Gasteiger partial charge >= 0.3 is 29.6 Å². The fourth-order valence-electron chi connectivity index (χ4n) is 3.27. The summed E-state index contributed by atoms with van der Waals surface area (Å²) in [6.45, 7) is 4.05. The molecule has 0 amide bonds. The molecule has 168 valence electrons. The maximum atomic E-state index is 12.6. The predicted molar refractivity (Wildman–Crippen MR) is 104 cm³/mol. The SMILES string of the molecule is CCCCCCCCCCCC(=O)C(C(=O)C(C)O)C(O)(C(=O)[O-])C(=O)C(C)O.[Na+]. The molecule has 4 unspecified atom stereocenters. The molecule has 0 aromatic carbocycles. The summed E-state index contributed by atoms with van der Waals surface area (Å²) in [6, 6.07) is 0. The quantitative estimate of drug-likeness (QED) is 0.128. The van der Waals surface area contributed by atoms with Gasteiger partial charge in [-0.05, 0) is 20.3 Å². The van der Waals surface area contributed by atoms with E-state index < -0.39 is 47.0 Å². The van der Waals surface area contributed by atoms with Crippen molar-refractivity contribution in [3.63, 3.8) is 0 Å². The van der Waals surface area contributed by atoms with E-state index in [0.29, 0.717) is 12.8 Å². The van der Waals surface area contributed by atoms with Crippen molar-refractivity contribution < 1.29 is 69.2 Å². The van der Waals surface area contributed by atoms with Crippen LogP contribution in [-0.2, 0) is 19.2 Å². The molecule has 0 fully saturated rings. The number of aliphatic hydroxyl groups excluding tert-OH is 2. The van der Waals surface area contributed by atoms with Crippen LogP contribution in [0.4, 0.5) is 0 Å². The monoisotopic (exact) mass is 438 g/mol. The fourth-order valence-corrected chi connectivity index (χ4v) is 3.27. The number of rotatable bonds is 17. The van der Waals surface area contributed by atoms with Crippen LogP contribution >= 0.6 is 0 Å². The molecule has 0 rings (SSSR count). The summed E-state index contributed by atoms with van der Waals surface area (Å²) in [5.41, 5.74) is -3.53. The molecule has 0 aliphatic heterocycles. The molecule has 30 heavy (non-hydrogen) atoms. The van der Waals surface area contributed by atoms with Crippen LogP contribution in [0.15, 0.2) is 0 Å². The van der Waals surface area contributed by atoms with Crippen molar-refractivity contribution in [2.75, 3.05) is 0 Å². The van der Waals surface area contributed by atoms with Gasteiger partial charge in [-0.15, -0.1) is 0 Å². The first-order chi connectivity index (χ1) is 13.5. The van der Waals surface area contributed by atoms with Crippen molar-refractivity contribution in [3.8, 4) is 0 Å². The largest absolute Gasteiger partial charge is 1.00 e. The Kier molecular flexibility index (Phi) is 16.9. The number of unbranched alkanes of at least 4 members (excludes halogenated alkanes) is 8. The van der Waals surface area contributed by atoms with Crippen LogP contribution in [0.3, 0.4) is 0 Å². The average Bonchev–Trinajstić information content (AvgIpc) is 2.65. The van der Waals surface area contributed by atoms with Crippen LogP contribution < -0.4 is 34.7 Å². The molecule has 0 spiro atoms. The summed E-state index contributed by atoms with van der Waals surface area (Å²) >= 11 is 0. The Morgan fingerprint density at radius 2 is 1.27 bits per heavy atom. The van der Waals surface area contributed by atoms with Crippen LogP contribution in [0.1, 0.15) is 85.0 Å². The predicted octanol–water partition coefficient (Wildman–Crippen LogP) is -2.52. The molecule has 0 heterocycles. The number of hydrogen-bond acceptors (Lipinski definition) is 8. The average molecular weight is 438 g/mol. The second-order valence-electron chi connectivity index (χ2n) is 7.65. The Morgan fingerprint density at radius 3 is 1.63 bits per heavy atom. The first-order valence-electron chi connectivity index (χ1n) is 10.4. The molecule has 0 aromatic heterocycles. The van der Waals surface area contributed by atoms with Crippen LogP contribution in [0.25, 0.3) is 0 Å². The van der Waals surface area contributed by atoms with Crippen LogP contribution in [0.2, 0.25) is 0 Å². The first-order valence-corrected chi connectivity index (χ1v) is 10.4. The van der Waals surface area contributed by atoms with Crippen molar-refractivity contribution in [1.82, 2.24) is 0 Å². The molecular weight excluding hydrogens is 403 g/mol. The maximum Gasteiger partial charge on any atom is 1.00 e. The van der Waals surface area contributed by atoms with Gasteiger partial charge in [-0.2, -0.15) is 0 Å². The Morgan fingerprint density at radius 1 is 0.833 bits per heavy atom. The van der Waals surface area contributed by atoms with E-state index in [2.05, 4.69) is 6.92 Å². The van der Waals surface area contributed by atoms with Crippen molar-refractivity contribution in [1.29, 1.82) is 0 Å². The van der Waals surface area contributed by atoms with E-state index in [9.17, 15) is 39.6 Å².